The van der Waals surface area contributed by atoms with Gasteiger partial charge in [0.15, 0.2) is 0 Å². The zero-order valence-electron chi connectivity index (χ0n) is 14.6. The largest absolute Gasteiger partial charge is 0.341 e. The first-order chi connectivity index (χ1) is 12.1. The van der Waals surface area contributed by atoms with Gasteiger partial charge in [-0.25, -0.2) is 8.78 Å². The van der Waals surface area contributed by atoms with Crippen LogP contribution in [0.5, 0.6) is 0 Å². The van der Waals surface area contributed by atoms with Crippen LogP contribution < -0.4 is 0 Å². The highest BCUT2D eigenvalue weighted by molar-refractivity contribution is 5.83. The number of hydrogen-bond acceptors (Lipinski definition) is 2. The van der Waals surface area contributed by atoms with E-state index >= 15 is 0 Å². The van der Waals surface area contributed by atoms with E-state index in [1.54, 1.807) is 0 Å². The van der Waals surface area contributed by atoms with Gasteiger partial charge < -0.3 is 4.90 Å². The second kappa shape index (κ2) is 7.02. The number of nitrogens with zero attached hydrogens (tertiary/aromatic N) is 2. The van der Waals surface area contributed by atoms with Crippen LogP contribution in [0.1, 0.15) is 44.1 Å². The summed E-state index contributed by atoms with van der Waals surface area (Å²) in [6, 6.07) is 3.58. The molecule has 1 aromatic rings. The number of hydrogen-bond donors (Lipinski definition) is 0. The Morgan fingerprint density at radius 2 is 1.92 bits per heavy atom. The first-order valence-electron chi connectivity index (χ1n) is 9.57. The monoisotopic (exact) mass is 348 g/mol. The van der Waals surface area contributed by atoms with E-state index in [0.29, 0.717) is 23.9 Å². The van der Waals surface area contributed by atoms with Crippen molar-refractivity contribution in [1.29, 1.82) is 0 Å². The zero-order valence-corrected chi connectivity index (χ0v) is 14.6. The Morgan fingerprint density at radius 3 is 2.68 bits per heavy atom. The van der Waals surface area contributed by atoms with Gasteiger partial charge in [-0.3, -0.25) is 9.69 Å². The third-order valence-corrected chi connectivity index (χ3v) is 6.24. The molecule has 3 aliphatic rings. The van der Waals surface area contributed by atoms with Crippen LogP contribution in [0.2, 0.25) is 0 Å². The van der Waals surface area contributed by atoms with Gasteiger partial charge in [-0.15, -0.1) is 0 Å². The summed E-state index contributed by atoms with van der Waals surface area (Å²) >= 11 is 0. The maximum absolute atomic E-state index is 14.0. The van der Waals surface area contributed by atoms with E-state index in [2.05, 4.69) is 9.80 Å². The summed E-state index contributed by atoms with van der Waals surface area (Å²) in [5, 5.41) is 0. The smallest absolute Gasteiger partial charge is 0.239 e. The summed E-state index contributed by atoms with van der Waals surface area (Å²) < 4.78 is 27.1. The number of benzene rings is 1. The van der Waals surface area contributed by atoms with Crippen molar-refractivity contribution in [2.24, 2.45) is 11.8 Å². The molecule has 136 valence electrons. The molecule has 5 heteroatoms. The molecule has 1 aliphatic carbocycles. The van der Waals surface area contributed by atoms with E-state index in [9.17, 15) is 13.6 Å². The van der Waals surface area contributed by atoms with Gasteiger partial charge in [-0.05, 0) is 50.1 Å². The maximum Gasteiger partial charge on any atom is 0.239 e. The summed E-state index contributed by atoms with van der Waals surface area (Å²) in [6.07, 6.45) is 6.98. The summed E-state index contributed by atoms with van der Waals surface area (Å²) in [6.45, 7) is 2.98. The van der Waals surface area contributed by atoms with Gasteiger partial charge in [-0.2, -0.15) is 0 Å². The van der Waals surface area contributed by atoms with Crippen LogP contribution in [-0.4, -0.2) is 41.4 Å². The number of piperidine rings is 2. The van der Waals surface area contributed by atoms with Gasteiger partial charge >= 0.3 is 0 Å². The Hall–Kier alpha value is -1.49. The second-order valence-corrected chi connectivity index (χ2v) is 8.01. The highest BCUT2D eigenvalue weighted by atomic mass is 19.1. The molecule has 1 saturated carbocycles. The summed E-state index contributed by atoms with van der Waals surface area (Å²) in [5.41, 5.74) is 0.473. The number of amides is 1. The van der Waals surface area contributed by atoms with Crippen molar-refractivity contribution in [3.8, 4) is 0 Å². The van der Waals surface area contributed by atoms with Crippen LogP contribution in [0, 0.1) is 23.5 Å². The number of carbonyl (C=O) groups is 1. The number of carbonyl (C=O) groups excluding carboxylic acids is 1. The normalized spacial score (nSPS) is 27.9. The number of rotatable bonds is 4. The molecule has 1 amide bonds. The molecule has 25 heavy (non-hydrogen) atoms. The molecule has 3 nitrogen and oxygen atoms in total. The lowest BCUT2D eigenvalue weighted by molar-refractivity contribution is -0.146. The molecule has 4 rings (SSSR count). The fourth-order valence-electron chi connectivity index (χ4n) is 4.85. The van der Waals surface area contributed by atoms with Crippen LogP contribution >= 0.6 is 0 Å². The lowest BCUT2D eigenvalue weighted by atomic mass is 9.85. The summed E-state index contributed by atoms with van der Waals surface area (Å²) in [7, 11) is 0. The Kier molecular flexibility index (Phi) is 4.76. The molecule has 0 N–H and O–H groups in total. The number of likely N-dealkylation sites (tertiary alicyclic amines) is 2. The minimum Gasteiger partial charge on any atom is -0.341 e. The fourth-order valence-corrected chi connectivity index (χ4v) is 4.85. The van der Waals surface area contributed by atoms with Gasteiger partial charge in [-0.1, -0.05) is 18.9 Å². The van der Waals surface area contributed by atoms with Gasteiger partial charge in [0.25, 0.3) is 0 Å². The molecule has 2 bridgehead atoms. The van der Waals surface area contributed by atoms with Crippen LogP contribution in [0.3, 0.4) is 0 Å². The van der Waals surface area contributed by atoms with E-state index in [0.717, 1.165) is 38.5 Å². The highest BCUT2D eigenvalue weighted by Gasteiger charge is 2.41. The van der Waals surface area contributed by atoms with Crippen molar-refractivity contribution >= 4 is 5.91 Å². The second-order valence-electron chi connectivity index (χ2n) is 8.01. The van der Waals surface area contributed by atoms with Crippen molar-refractivity contribution in [2.75, 3.05) is 19.6 Å². The quantitative estimate of drug-likeness (QED) is 0.830. The Morgan fingerprint density at radius 1 is 1.12 bits per heavy atom. The highest BCUT2D eigenvalue weighted by Crippen LogP contribution is 2.33. The van der Waals surface area contributed by atoms with Crippen LogP contribution in [0.25, 0.3) is 0 Å². The van der Waals surface area contributed by atoms with Gasteiger partial charge in [0.1, 0.15) is 11.6 Å². The third kappa shape index (κ3) is 3.57. The molecule has 1 aromatic carbocycles. The molecular formula is C20H26F2N2O. The standard InChI is InChI=1S/C20H26F2N2O/c21-17-6-5-16(18(22)10-17)13-23-8-7-15-9-19(23)20(25)24(12-15)11-14-3-1-2-4-14/h5-6,10,14-15,19H,1-4,7-9,11-13H2/t15-,19+/m0/s1. The average Bonchev–Trinajstić information content (AvgIpc) is 3.09. The zero-order chi connectivity index (χ0) is 17.4. The van der Waals surface area contributed by atoms with E-state index < -0.39 is 11.6 Å². The SMILES string of the molecule is O=C1[C@H]2C[C@H](CCN2Cc2ccc(F)cc2F)CN1CC1CCCC1. The van der Waals surface area contributed by atoms with E-state index in [1.165, 1.54) is 37.8 Å². The molecule has 0 unspecified atom stereocenters. The lowest BCUT2D eigenvalue weighted by Gasteiger charge is -2.47. The molecular weight excluding hydrogens is 322 g/mol. The topological polar surface area (TPSA) is 23.6 Å². The van der Waals surface area contributed by atoms with Crippen molar-refractivity contribution < 1.29 is 13.6 Å². The van der Waals surface area contributed by atoms with Crippen LogP contribution in [0.15, 0.2) is 18.2 Å². The Labute approximate surface area is 148 Å². The molecule has 2 saturated heterocycles. The van der Waals surface area contributed by atoms with Crippen LogP contribution in [-0.2, 0) is 11.3 Å². The Balaban J connectivity index is 1.46. The van der Waals surface area contributed by atoms with Gasteiger partial charge in [0, 0.05) is 31.3 Å². The summed E-state index contributed by atoms with van der Waals surface area (Å²) in [4.78, 5) is 17.2. The first-order valence-corrected chi connectivity index (χ1v) is 9.57. The summed E-state index contributed by atoms with van der Waals surface area (Å²) in [5.74, 6) is 0.360. The molecule has 2 heterocycles. The minimum absolute atomic E-state index is 0.140. The lowest BCUT2D eigenvalue weighted by Crippen LogP contribution is -2.59. The minimum atomic E-state index is -0.559. The Bertz CT molecular complexity index is 645. The van der Waals surface area contributed by atoms with Crippen molar-refractivity contribution in [2.45, 2.75) is 51.1 Å². The van der Waals surface area contributed by atoms with Crippen molar-refractivity contribution in [1.82, 2.24) is 9.80 Å². The van der Waals surface area contributed by atoms with Crippen molar-refractivity contribution in [3.05, 3.63) is 35.4 Å². The van der Waals surface area contributed by atoms with Gasteiger partial charge in [0.2, 0.25) is 5.91 Å². The number of halogens is 2. The molecule has 0 spiro atoms. The first kappa shape index (κ1) is 17.0. The van der Waals surface area contributed by atoms with E-state index in [4.69, 9.17) is 0 Å². The molecule has 3 fully saturated rings. The molecule has 0 aromatic heterocycles. The molecule has 2 aliphatic heterocycles. The van der Waals surface area contributed by atoms with Crippen LogP contribution in [0.4, 0.5) is 8.78 Å². The number of fused-ring (bicyclic) bond motifs is 2. The predicted molar refractivity (Wildman–Crippen MR) is 91.8 cm³/mol. The van der Waals surface area contributed by atoms with E-state index in [-0.39, 0.29) is 11.9 Å². The molecule has 0 radical (unpaired) electrons. The average molecular weight is 348 g/mol. The molecule has 2 atom stereocenters. The van der Waals surface area contributed by atoms with Gasteiger partial charge in [0.05, 0.1) is 6.04 Å². The predicted octanol–water partition coefficient (Wildman–Crippen LogP) is 3.58. The fraction of sp³-hybridized carbons (Fsp3) is 0.650. The van der Waals surface area contributed by atoms with Crippen molar-refractivity contribution in [3.63, 3.8) is 0 Å². The third-order valence-electron chi connectivity index (χ3n) is 6.24. The maximum atomic E-state index is 14.0. The van der Waals surface area contributed by atoms with E-state index in [1.807, 2.05) is 0 Å².